The van der Waals surface area contributed by atoms with Crippen LogP contribution in [-0.4, -0.2) is 56.8 Å². The van der Waals surface area contributed by atoms with Crippen molar-refractivity contribution in [3.8, 4) is 0 Å². The minimum absolute atomic E-state index is 0.0284. The van der Waals surface area contributed by atoms with Crippen molar-refractivity contribution in [1.29, 1.82) is 0 Å². The first-order valence-corrected chi connectivity index (χ1v) is 11.4. The van der Waals surface area contributed by atoms with Crippen LogP contribution in [0, 0.1) is 6.92 Å². The van der Waals surface area contributed by atoms with Crippen LogP contribution in [0.15, 0.2) is 47.4 Å². The topological polar surface area (TPSA) is 69.7 Å². The molecule has 0 saturated carbocycles. The van der Waals surface area contributed by atoms with E-state index in [1.54, 1.807) is 6.07 Å². The third kappa shape index (κ3) is 4.98. The molecular formula is C21H26ClN3O3S. The van der Waals surface area contributed by atoms with Crippen LogP contribution in [0.1, 0.15) is 34.5 Å². The maximum absolute atomic E-state index is 13.1. The monoisotopic (exact) mass is 435 g/mol. The van der Waals surface area contributed by atoms with Gasteiger partial charge in [-0.15, -0.1) is 0 Å². The number of piperazine rings is 1. The Kier molecular flexibility index (Phi) is 6.63. The molecule has 1 heterocycles. The summed E-state index contributed by atoms with van der Waals surface area (Å²) in [5, 5.41) is 3.04. The van der Waals surface area contributed by atoms with Crippen molar-refractivity contribution in [3.05, 3.63) is 64.2 Å². The molecule has 6 nitrogen and oxygen atoms in total. The Morgan fingerprint density at radius 2 is 1.69 bits per heavy atom. The minimum Gasteiger partial charge on any atom is -0.346 e. The molecule has 29 heavy (non-hydrogen) atoms. The second-order valence-electron chi connectivity index (χ2n) is 7.46. The van der Waals surface area contributed by atoms with E-state index in [4.69, 9.17) is 11.6 Å². The van der Waals surface area contributed by atoms with Crippen molar-refractivity contribution < 1.29 is 13.2 Å². The van der Waals surface area contributed by atoms with Gasteiger partial charge in [-0.05, 0) is 44.7 Å². The van der Waals surface area contributed by atoms with E-state index < -0.39 is 10.0 Å². The molecule has 0 aliphatic carbocycles. The van der Waals surface area contributed by atoms with Gasteiger partial charge >= 0.3 is 0 Å². The van der Waals surface area contributed by atoms with Crippen LogP contribution < -0.4 is 5.32 Å². The van der Waals surface area contributed by atoms with Crippen LogP contribution in [0.3, 0.4) is 0 Å². The number of sulfonamides is 1. The number of rotatable bonds is 5. The van der Waals surface area contributed by atoms with E-state index in [1.807, 2.05) is 45.2 Å². The molecule has 1 N–H and O–H groups in total. The Hall–Kier alpha value is -1.93. The summed E-state index contributed by atoms with van der Waals surface area (Å²) in [6, 6.07) is 12.1. The summed E-state index contributed by atoms with van der Waals surface area (Å²) in [6.45, 7) is 6.01. The largest absolute Gasteiger partial charge is 0.346 e. The summed E-state index contributed by atoms with van der Waals surface area (Å²) < 4.78 is 27.5. The summed E-state index contributed by atoms with van der Waals surface area (Å²) in [7, 11) is -1.81. The fourth-order valence-corrected chi connectivity index (χ4v) is 5.15. The van der Waals surface area contributed by atoms with Gasteiger partial charge < -0.3 is 10.2 Å². The molecule has 0 aromatic heterocycles. The van der Waals surface area contributed by atoms with Crippen molar-refractivity contribution in [1.82, 2.24) is 14.5 Å². The van der Waals surface area contributed by atoms with E-state index >= 15 is 0 Å². The molecule has 156 valence electrons. The van der Waals surface area contributed by atoms with E-state index in [1.165, 1.54) is 16.4 Å². The first-order valence-electron chi connectivity index (χ1n) is 9.54. The summed E-state index contributed by atoms with van der Waals surface area (Å²) in [5.74, 6) is -0.343. The van der Waals surface area contributed by atoms with E-state index in [2.05, 4.69) is 10.2 Å². The maximum atomic E-state index is 13.1. The number of benzene rings is 2. The van der Waals surface area contributed by atoms with Crippen LogP contribution in [0.2, 0.25) is 5.02 Å². The first-order chi connectivity index (χ1) is 13.7. The van der Waals surface area contributed by atoms with Crippen molar-refractivity contribution >= 4 is 27.5 Å². The Morgan fingerprint density at radius 1 is 1.07 bits per heavy atom. The van der Waals surface area contributed by atoms with Gasteiger partial charge in [-0.2, -0.15) is 4.31 Å². The minimum atomic E-state index is -3.76. The molecule has 1 aliphatic rings. The summed E-state index contributed by atoms with van der Waals surface area (Å²) in [5.41, 5.74) is 2.38. The average molecular weight is 436 g/mol. The fraction of sp³-hybridized carbons (Fsp3) is 0.381. The molecule has 3 rings (SSSR count). The van der Waals surface area contributed by atoms with Gasteiger partial charge in [0.25, 0.3) is 5.91 Å². The molecule has 1 unspecified atom stereocenters. The highest BCUT2D eigenvalue weighted by Gasteiger charge is 2.30. The molecule has 8 heteroatoms. The van der Waals surface area contributed by atoms with Crippen molar-refractivity contribution in [2.24, 2.45) is 0 Å². The zero-order valence-electron chi connectivity index (χ0n) is 16.9. The fourth-order valence-electron chi connectivity index (χ4n) is 3.23. The number of hydrogen-bond donors (Lipinski definition) is 1. The third-order valence-corrected chi connectivity index (χ3v) is 7.58. The number of aryl methyl sites for hydroxylation is 1. The van der Waals surface area contributed by atoms with Crippen molar-refractivity contribution in [2.75, 3.05) is 33.2 Å². The number of nitrogens with zero attached hydrogens (tertiary/aromatic N) is 2. The van der Waals surface area contributed by atoms with Gasteiger partial charge in [0.1, 0.15) is 4.90 Å². The van der Waals surface area contributed by atoms with E-state index in [9.17, 15) is 13.2 Å². The Bertz CT molecular complexity index is 985. The highest BCUT2D eigenvalue weighted by molar-refractivity contribution is 7.89. The van der Waals surface area contributed by atoms with E-state index in [0.29, 0.717) is 26.2 Å². The zero-order valence-corrected chi connectivity index (χ0v) is 18.4. The standard InChI is InChI=1S/C21H26ClN3O3S/c1-15-4-6-17(7-5-15)16(2)23-21(26)18-8-9-19(22)20(14-18)29(27,28)25-12-10-24(3)11-13-25/h4-9,14,16H,10-13H2,1-3H3,(H,23,26). The summed E-state index contributed by atoms with van der Waals surface area (Å²) in [4.78, 5) is 14.8. The lowest BCUT2D eigenvalue weighted by molar-refractivity contribution is 0.0939. The zero-order chi connectivity index (χ0) is 21.2. The van der Waals surface area contributed by atoms with Gasteiger partial charge in [0.05, 0.1) is 11.1 Å². The lowest BCUT2D eigenvalue weighted by Gasteiger charge is -2.31. The number of amides is 1. The first kappa shape index (κ1) is 21.8. The van der Waals surface area contributed by atoms with Gasteiger partial charge in [0, 0.05) is 31.7 Å². The van der Waals surface area contributed by atoms with Gasteiger partial charge in [0.15, 0.2) is 0 Å². The highest BCUT2D eigenvalue weighted by Crippen LogP contribution is 2.27. The molecular weight excluding hydrogens is 410 g/mol. The lowest BCUT2D eigenvalue weighted by Crippen LogP contribution is -2.47. The number of carbonyl (C=O) groups excluding carboxylic acids is 1. The Labute approximate surface area is 177 Å². The molecule has 0 radical (unpaired) electrons. The van der Waals surface area contributed by atoms with Crippen LogP contribution in [-0.2, 0) is 10.0 Å². The second-order valence-corrected chi connectivity index (χ2v) is 9.77. The molecule has 0 bridgehead atoms. The number of halogens is 1. The van der Waals surface area contributed by atoms with Crippen LogP contribution >= 0.6 is 11.6 Å². The second kappa shape index (κ2) is 8.83. The van der Waals surface area contributed by atoms with Crippen LogP contribution in [0.4, 0.5) is 0 Å². The van der Waals surface area contributed by atoms with Crippen molar-refractivity contribution in [3.63, 3.8) is 0 Å². The third-order valence-electron chi connectivity index (χ3n) is 5.20. The molecule has 1 fully saturated rings. The molecule has 1 saturated heterocycles. The molecule has 1 atom stereocenters. The van der Waals surface area contributed by atoms with Crippen LogP contribution in [0.25, 0.3) is 0 Å². The predicted molar refractivity (Wildman–Crippen MR) is 115 cm³/mol. The summed E-state index contributed by atoms with van der Waals surface area (Å²) in [6.07, 6.45) is 0. The van der Waals surface area contributed by atoms with E-state index in [-0.39, 0.29) is 27.4 Å². The molecule has 0 spiro atoms. The Morgan fingerprint density at radius 3 is 2.31 bits per heavy atom. The quantitative estimate of drug-likeness (QED) is 0.783. The normalized spacial score (nSPS) is 17.1. The maximum Gasteiger partial charge on any atom is 0.251 e. The predicted octanol–water partition coefficient (Wildman–Crippen LogP) is 3.08. The Balaban J connectivity index is 1.80. The van der Waals surface area contributed by atoms with E-state index in [0.717, 1.165) is 11.1 Å². The van der Waals surface area contributed by atoms with Gasteiger partial charge in [0.2, 0.25) is 10.0 Å². The molecule has 1 aliphatic heterocycles. The number of nitrogens with one attached hydrogen (secondary N) is 1. The molecule has 2 aromatic rings. The average Bonchev–Trinajstić information content (AvgIpc) is 2.69. The highest BCUT2D eigenvalue weighted by atomic mass is 35.5. The van der Waals surface area contributed by atoms with Gasteiger partial charge in [-0.3, -0.25) is 4.79 Å². The number of hydrogen-bond acceptors (Lipinski definition) is 4. The lowest BCUT2D eigenvalue weighted by atomic mass is 10.1. The summed E-state index contributed by atoms with van der Waals surface area (Å²) >= 11 is 6.20. The molecule has 2 aromatic carbocycles. The van der Waals surface area contributed by atoms with Crippen molar-refractivity contribution in [2.45, 2.75) is 24.8 Å². The van der Waals surface area contributed by atoms with Crippen LogP contribution in [0.5, 0.6) is 0 Å². The van der Waals surface area contributed by atoms with Gasteiger partial charge in [-0.1, -0.05) is 41.4 Å². The SMILES string of the molecule is Cc1ccc(C(C)NC(=O)c2ccc(Cl)c(S(=O)(=O)N3CCN(C)CC3)c2)cc1. The number of likely N-dealkylation sites (N-methyl/N-ethyl adjacent to an activating group) is 1. The van der Waals surface area contributed by atoms with Gasteiger partial charge in [-0.25, -0.2) is 8.42 Å². The smallest absolute Gasteiger partial charge is 0.251 e. The number of carbonyl (C=O) groups is 1. The molecule has 1 amide bonds.